The molecule has 33 heavy (non-hydrogen) atoms. The van der Waals surface area contributed by atoms with Gasteiger partial charge in [0.2, 0.25) is 0 Å². The Kier molecular flexibility index (Phi) is 6.41. The van der Waals surface area contributed by atoms with E-state index < -0.39 is 29.6 Å². The molecule has 2 aromatic carbocycles. The zero-order chi connectivity index (χ0) is 23.5. The van der Waals surface area contributed by atoms with E-state index in [4.69, 9.17) is 4.74 Å². The SMILES string of the molecule is CCOC(=O)C1=C(C)N=C2SC(C(=O)Nc3ccccc3)=CC(=O)N2[C@H]1c1ccc(F)cc1. The standard InChI is InChI=1S/C24H20FN3O4S/c1-3-32-23(31)20-14(2)26-24-28(21(20)15-9-11-16(25)12-10-15)19(29)13-18(33-24)22(30)27-17-7-5-4-6-8-17/h4-13,21H,3H2,1-2H3,(H,27,30)/t21-/m0/s1. The second-order valence-electron chi connectivity index (χ2n) is 7.21. The Hall–Kier alpha value is -3.72. The summed E-state index contributed by atoms with van der Waals surface area (Å²) in [6.07, 6.45) is 1.21. The lowest BCUT2D eigenvalue weighted by molar-refractivity contribution is -0.139. The van der Waals surface area contributed by atoms with Gasteiger partial charge in [0.25, 0.3) is 11.8 Å². The van der Waals surface area contributed by atoms with Gasteiger partial charge in [0, 0.05) is 11.8 Å². The number of thioether (sulfide) groups is 1. The highest BCUT2D eigenvalue weighted by Gasteiger charge is 2.42. The van der Waals surface area contributed by atoms with E-state index in [0.717, 1.165) is 11.8 Å². The number of nitrogens with one attached hydrogen (secondary N) is 1. The van der Waals surface area contributed by atoms with Crippen LogP contribution in [-0.4, -0.2) is 34.5 Å². The second-order valence-corrected chi connectivity index (χ2v) is 8.22. The van der Waals surface area contributed by atoms with Crippen LogP contribution in [0.1, 0.15) is 25.5 Å². The number of para-hydroxylation sites is 1. The second kappa shape index (κ2) is 9.41. The highest BCUT2D eigenvalue weighted by atomic mass is 32.2. The van der Waals surface area contributed by atoms with Crippen LogP contribution in [0.4, 0.5) is 10.1 Å². The van der Waals surface area contributed by atoms with Gasteiger partial charge in [0.1, 0.15) is 5.82 Å². The molecule has 0 aliphatic carbocycles. The maximum atomic E-state index is 13.6. The van der Waals surface area contributed by atoms with E-state index in [9.17, 15) is 18.8 Å². The predicted octanol–water partition coefficient (Wildman–Crippen LogP) is 4.17. The molecule has 0 spiro atoms. The Morgan fingerprint density at radius 1 is 1.15 bits per heavy atom. The molecule has 0 fully saturated rings. The monoisotopic (exact) mass is 465 g/mol. The average Bonchev–Trinajstić information content (AvgIpc) is 2.79. The summed E-state index contributed by atoms with van der Waals surface area (Å²) in [6, 6.07) is 13.5. The van der Waals surface area contributed by atoms with Gasteiger partial charge in [-0.3, -0.25) is 14.5 Å². The minimum atomic E-state index is -0.868. The number of halogens is 1. The molecule has 168 valence electrons. The minimum Gasteiger partial charge on any atom is -0.463 e. The highest BCUT2D eigenvalue weighted by molar-refractivity contribution is 8.18. The first-order chi connectivity index (χ1) is 15.9. The van der Waals surface area contributed by atoms with Crippen molar-refractivity contribution in [2.45, 2.75) is 19.9 Å². The molecule has 2 aliphatic heterocycles. The average molecular weight is 466 g/mol. The first-order valence-electron chi connectivity index (χ1n) is 10.2. The molecule has 2 aromatic rings. The van der Waals surface area contributed by atoms with E-state index in [1.54, 1.807) is 38.1 Å². The molecule has 9 heteroatoms. The zero-order valence-electron chi connectivity index (χ0n) is 17.9. The summed E-state index contributed by atoms with van der Waals surface area (Å²) in [7, 11) is 0. The number of ether oxygens (including phenoxy) is 1. The van der Waals surface area contributed by atoms with Crippen molar-refractivity contribution in [3.63, 3.8) is 0 Å². The smallest absolute Gasteiger partial charge is 0.338 e. The van der Waals surface area contributed by atoms with Gasteiger partial charge in [-0.05, 0) is 55.4 Å². The molecule has 2 aliphatic rings. The van der Waals surface area contributed by atoms with Crippen molar-refractivity contribution in [2.24, 2.45) is 4.99 Å². The van der Waals surface area contributed by atoms with Crippen LogP contribution < -0.4 is 5.32 Å². The molecule has 4 rings (SSSR count). The van der Waals surface area contributed by atoms with Gasteiger partial charge in [-0.25, -0.2) is 14.2 Å². The fourth-order valence-electron chi connectivity index (χ4n) is 3.55. The number of hydrogen-bond acceptors (Lipinski definition) is 6. The van der Waals surface area contributed by atoms with Crippen molar-refractivity contribution in [3.8, 4) is 0 Å². The molecule has 2 heterocycles. The summed E-state index contributed by atoms with van der Waals surface area (Å²) in [4.78, 5) is 44.7. The Bertz CT molecular complexity index is 1210. The van der Waals surface area contributed by atoms with Crippen LogP contribution in [0.15, 0.2) is 81.8 Å². The number of amidine groups is 1. The van der Waals surface area contributed by atoms with Gasteiger partial charge >= 0.3 is 5.97 Å². The number of nitrogens with zero attached hydrogens (tertiary/aromatic N) is 2. The maximum Gasteiger partial charge on any atom is 0.338 e. The maximum absolute atomic E-state index is 13.6. The number of hydrogen-bond donors (Lipinski definition) is 1. The van der Waals surface area contributed by atoms with Crippen molar-refractivity contribution >= 4 is 40.4 Å². The van der Waals surface area contributed by atoms with Gasteiger partial charge in [-0.2, -0.15) is 0 Å². The largest absolute Gasteiger partial charge is 0.463 e. The number of amides is 2. The fourth-order valence-corrected chi connectivity index (χ4v) is 4.53. The van der Waals surface area contributed by atoms with Crippen molar-refractivity contribution in [1.82, 2.24) is 4.90 Å². The van der Waals surface area contributed by atoms with Crippen LogP contribution in [0, 0.1) is 5.82 Å². The number of carbonyl (C=O) groups excluding carboxylic acids is 3. The summed E-state index contributed by atoms with van der Waals surface area (Å²) in [5, 5.41) is 3.00. The van der Waals surface area contributed by atoms with Crippen LogP contribution in [0.5, 0.6) is 0 Å². The number of anilines is 1. The van der Waals surface area contributed by atoms with Crippen molar-refractivity contribution in [1.29, 1.82) is 0 Å². The third kappa shape index (κ3) is 4.58. The lowest BCUT2D eigenvalue weighted by Gasteiger charge is -2.38. The Balaban J connectivity index is 1.73. The summed E-state index contributed by atoms with van der Waals surface area (Å²) in [5.41, 5.74) is 1.66. The topological polar surface area (TPSA) is 88.1 Å². The number of benzene rings is 2. The number of aliphatic imine (C=N–C) groups is 1. The van der Waals surface area contributed by atoms with Gasteiger partial charge in [-0.1, -0.05) is 30.3 Å². The van der Waals surface area contributed by atoms with Crippen LogP contribution in [0.3, 0.4) is 0 Å². The molecule has 1 N–H and O–H groups in total. The van der Waals surface area contributed by atoms with Crippen LogP contribution >= 0.6 is 11.8 Å². The number of fused-ring (bicyclic) bond motifs is 1. The number of esters is 1. The van der Waals surface area contributed by atoms with Gasteiger partial charge in [0.15, 0.2) is 5.17 Å². The molecular formula is C24H20FN3O4S. The summed E-state index contributed by atoms with van der Waals surface area (Å²) in [6.45, 7) is 3.47. The Morgan fingerprint density at radius 2 is 1.85 bits per heavy atom. The number of rotatable bonds is 5. The highest BCUT2D eigenvalue weighted by Crippen LogP contribution is 2.42. The molecule has 0 unspecified atom stereocenters. The quantitative estimate of drug-likeness (QED) is 0.670. The molecule has 0 saturated heterocycles. The molecule has 0 radical (unpaired) electrons. The zero-order valence-corrected chi connectivity index (χ0v) is 18.7. The molecular weight excluding hydrogens is 445 g/mol. The molecule has 7 nitrogen and oxygen atoms in total. The normalized spacial score (nSPS) is 17.7. The number of allylic oxidation sites excluding steroid dienone is 1. The van der Waals surface area contributed by atoms with Crippen molar-refractivity contribution in [2.75, 3.05) is 11.9 Å². The summed E-state index contributed by atoms with van der Waals surface area (Å²) < 4.78 is 18.8. The molecule has 1 atom stereocenters. The van der Waals surface area contributed by atoms with E-state index in [0.29, 0.717) is 16.9 Å². The van der Waals surface area contributed by atoms with Crippen LogP contribution in [0.2, 0.25) is 0 Å². The lowest BCUT2D eigenvalue weighted by Crippen LogP contribution is -2.45. The third-order valence-electron chi connectivity index (χ3n) is 5.02. The van der Waals surface area contributed by atoms with Crippen molar-refractivity contribution < 1.29 is 23.5 Å². The molecule has 2 amide bonds. The molecule has 0 aromatic heterocycles. The number of carbonyl (C=O) groups is 3. The fraction of sp³-hybridized carbons (Fsp3) is 0.167. The van der Waals surface area contributed by atoms with E-state index >= 15 is 0 Å². The molecule has 0 bridgehead atoms. The van der Waals surface area contributed by atoms with E-state index in [1.807, 2.05) is 6.07 Å². The lowest BCUT2D eigenvalue weighted by atomic mass is 9.94. The van der Waals surface area contributed by atoms with Crippen LogP contribution in [-0.2, 0) is 19.1 Å². The van der Waals surface area contributed by atoms with Crippen LogP contribution in [0.25, 0.3) is 0 Å². The Labute approximate surface area is 194 Å². The summed E-state index contributed by atoms with van der Waals surface area (Å²) >= 11 is 1.02. The van der Waals surface area contributed by atoms with Gasteiger partial charge < -0.3 is 10.1 Å². The predicted molar refractivity (Wildman–Crippen MR) is 124 cm³/mol. The van der Waals surface area contributed by atoms with Gasteiger partial charge in [-0.15, -0.1) is 0 Å². The van der Waals surface area contributed by atoms with Gasteiger partial charge in [0.05, 0.1) is 28.8 Å². The van der Waals surface area contributed by atoms with E-state index in [2.05, 4.69) is 10.3 Å². The summed E-state index contributed by atoms with van der Waals surface area (Å²) in [5.74, 6) is -2.02. The molecule has 0 saturated carbocycles. The first kappa shape index (κ1) is 22.5. The van der Waals surface area contributed by atoms with E-state index in [-0.39, 0.29) is 22.3 Å². The Morgan fingerprint density at radius 3 is 2.52 bits per heavy atom. The first-order valence-corrected chi connectivity index (χ1v) is 11.0. The van der Waals surface area contributed by atoms with E-state index in [1.165, 1.54) is 35.2 Å². The van der Waals surface area contributed by atoms with Crippen molar-refractivity contribution in [3.05, 3.63) is 88.2 Å². The third-order valence-corrected chi connectivity index (χ3v) is 6.01. The minimum absolute atomic E-state index is 0.148.